The fraction of sp³-hybridized carbons (Fsp3) is 0.292. The molecule has 0 bridgehead atoms. The molecule has 0 spiro atoms. The van der Waals surface area contributed by atoms with Crippen LogP contribution < -0.4 is 10.9 Å². The third-order valence-corrected chi connectivity index (χ3v) is 5.74. The van der Waals surface area contributed by atoms with Crippen molar-refractivity contribution in [3.05, 3.63) is 82.1 Å². The minimum Gasteiger partial charge on any atom is -0.351 e. The highest BCUT2D eigenvalue weighted by Crippen LogP contribution is 2.18. The van der Waals surface area contributed by atoms with E-state index in [0.717, 1.165) is 16.5 Å². The zero-order valence-electron chi connectivity index (χ0n) is 17.6. The lowest BCUT2D eigenvalue weighted by atomic mass is 10.1. The molecule has 31 heavy (non-hydrogen) atoms. The van der Waals surface area contributed by atoms with Gasteiger partial charge < -0.3 is 14.8 Å². The third-order valence-electron chi connectivity index (χ3n) is 5.74. The largest absolute Gasteiger partial charge is 0.351 e. The van der Waals surface area contributed by atoms with Crippen LogP contribution in [0.15, 0.2) is 65.5 Å². The molecule has 160 valence electrons. The summed E-state index contributed by atoms with van der Waals surface area (Å²) in [5.41, 5.74) is 2.04. The first-order chi connectivity index (χ1) is 15.0. The van der Waals surface area contributed by atoms with Gasteiger partial charge in [-0.2, -0.15) is 0 Å². The summed E-state index contributed by atoms with van der Waals surface area (Å²) in [5.74, 6) is -0.164. The molecule has 1 saturated heterocycles. The molecule has 4 rings (SSSR count). The zero-order valence-corrected chi connectivity index (χ0v) is 17.6. The maximum atomic E-state index is 13.1. The van der Waals surface area contributed by atoms with E-state index < -0.39 is 0 Å². The van der Waals surface area contributed by atoms with Gasteiger partial charge in [-0.15, -0.1) is 0 Å². The maximum Gasteiger partial charge on any atom is 0.254 e. The molecule has 2 heterocycles. The molecule has 0 atom stereocenters. The molecule has 1 aromatic heterocycles. The van der Waals surface area contributed by atoms with Gasteiger partial charge in [0.1, 0.15) is 0 Å². The monoisotopic (exact) mass is 418 g/mol. The molecule has 1 N–H and O–H groups in total. The van der Waals surface area contributed by atoms with Crippen LogP contribution in [-0.2, 0) is 18.4 Å². The molecular weight excluding hydrogens is 392 g/mol. The Hall–Kier alpha value is -3.45. The minimum atomic E-state index is -0.198. The van der Waals surface area contributed by atoms with Crippen LogP contribution in [0.3, 0.4) is 0 Å². The highest BCUT2D eigenvalue weighted by atomic mass is 16.2. The van der Waals surface area contributed by atoms with E-state index in [-0.39, 0.29) is 17.4 Å². The number of benzene rings is 2. The molecule has 1 fully saturated rings. The quantitative estimate of drug-likeness (QED) is 0.683. The van der Waals surface area contributed by atoms with Crippen molar-refractivity contribution in [2.24, 2.45) is 7.05 Å². The first-order valence-corrected chi connectivity index (χ1v) is 10.4. The lowest BCUT2D eigenvalue weighted by molar-refractivity contribution is -0.122. The smallest absolute Gasteiger partial charge is 0.254 e. The van der Waals surface area contributed by atoms with Crippen molar-refractivity contribution in [1.29, 1.82) is 0 Å². The van der Waals surface area contributed by atoms with Crippen molar-refractivity contribution >= 4 is 22.7 Å². The van der Waals surface area contributed by atoms with Gasteiger partial charge in [-0.05, 0) is 11.6 Å². The fourth-order valence-electron chi connectivity index (χ4n) is 3.92. The number of pyridine rings is 1. The van der Waals surface area contributed by atoms with E-state index in [2.05, 4.69) is 5.32 Å². The number of carbonyl (C=O) groups is 2. The van der Waals surface area contributed by atoms with E-state index >= 15 is 0 Å². The van der Waals surface area contributed by atoms with Gasteiger partial charge in [-0.3, -0.25) is 19.3 Å². The van der Waals surface area contributed by atoms with E-state index in [1.165, 1.54) is 6.07 Å². The lowest BCUT2D eigenvalue weighted by Crippen LogP contribution is -2.51. The summed E-state index contributed by atoms with van der Waals surface area (Å²) < 4.78 is 1.55. The van der Waals surface area contributed by atoms with Gasteiger partial charge in [-0.25, -0.2) is 0 Å². The van der Waals surface area contributed by atoms with Gasteiger partial charge in [-0.1, -0.05) is 48.5 Å². The molecule has 0 radical (unpaired) electrons. The number of para-hydroxylation sites is 1. The normalized spacial score (nSPS) is 14.5. The molecule has 1 aliphatic rings. The highest BCUT2D eigenvalue weighted by Gasteiger charge is 2.25. The Morgan fingerprint density at radius 2 is 1.61 bits per heavy atom. The van der Waals surface area contributed by atoms with E-state index in [1.54, 1.807) is 16.5 Å². The zero-order chi connectivity index (χ0) is 21.8. The van der Waals surface area contributed by atoms with Crippen molar-refractivity contribution in [2.75, 3.05) is 32.7 Å². The number of hydrogen-bond acceptors (Lipinski definition) is 4. The number of nitrogens with one attached hydrogen (secondary N) is 1. The predicted octanol–water partition coefficient (Wildman–Crippen LogP) is 1.61. The minimum absolute atomic E-state index is 0.0267. The van der Waals surface area contributed by atoms with Crippen molar-refractivity contribution in [3.63, 3.8) is 0 Å². The summed E-state index contributed by atoms with van der Waals surface area (Å²) in [7, 11) is 1.71. The number of amides is 2. The number of piperazine rings is 1. The summed E-state index contributed by atoms with van der Waals surface area (Å²) in [6, 6.07) is 18.7. The van der Waals surface area contributed by atoms with Crippen molar-refractivity contribution in [3.8, 4) is 0 Å². The predicted molar refractivity (Wildman–Crippen MR) is 120 cm³/mol. The fourth-order valence-corrected chi connectivity index (χ4v) is 3.92. The van der Waals surface area contributed by atoms with Gasteiger partial charge in [0, 0.05) is 51.2 Å². The summed E-state index contributed by atoms with van der Waals surface area (Å²) in [6.07, 6.45) is 0. The molecular formula is C24H26N4O3. The SMILES string of the molecule is Cn1c(=O)cc(C(=O)N2CCN(CC(=O)NCc3ccccc3)CC2)c2ccccc21. The van der Waals surface area contributed by atoms with Gasteiger partial charge >= 0.3 is 0 Å². The summed E-state index contributed by atoms with van der Waals surface area (Å²) in [4.78, 5) is 41.5. The average Bonchev–Trinajstić information content (AvgIpc) is 2.81. The maximum absolute atomic E-state index is 13.1. The number of nitrogens with zero attached hydrogens (tertiary/aromatic N) is 3. The van der Waals surface area contributed by atoms with Crippen LogP contribution in [0.25, 0.3) is 10.9 Å². The molecule has 0 saturated carbocycles. The molecule has 3 aromatic rings. The molecule has 7 heteroatoms. The van der Waals surface area contributed by atoms with E-state index in [9.17, 15) is 14.4 Å². The number of hydrogen-bond donors (Lipinski definition) is 1. The number of fused-ring (bicyclic) bond motifs is 1. The first-order valence-electron chi connectivity index (χ1n) is 10.4. The average molecular weight is 418 g/mol. The third kappa shape index (κ3) is 4.67. The molecule has 2 amide bonds. The van der Waals surface area contributed by atoms with Crippen LogP contribution in [0.1, 0.15) is 15.9 Å². The second-order valence-corrected chi connectivity index (χ2v) is 7.80. The van der Waals surface area contributed by atoms with Gasteiger partial charge in [0.15, 0.2) is 0 Å². The number of rotatable bonds is 5. The van der Waals surface area contributed by atoms with Crippen LogP contribution in [0, 0.1) is 0 Å². The molecule has 0 aliphatic carbocycles. The Kier molecular flexibility index (Phi) is 6.13. The Morgan fingerprint density at radius 3 is 2.35 bits per heavy atom. The first kappa shape index (κ1) is 20.8. The van der Waals surface area contributed by atoms with Gasteiger partial charge in [0.05, 0.1) is 17.6 Å². The Balaban J connectivity index is 1.35. The van der Waals surface area contributed by atoms with Crippen LogP contribution >= 0.6 is 0 Å². The van der Waals surface area contributed by atoms with E-state index in [4.69, 9.17) is 0 Å². The molecule has 0 unspecified atom stereocenters. The van der Waals surface area contributed by atoms with Gasteiger partial charge in [0.2, 0.25) is 5.91 Å². The Morgan fingerprint density at radius 1 is 0.935 bits per heavy atom. The summed E-state index contributed by atoms with van der Waals surface area (Å²) >= 11 is 0. The van der Waals surface area contributed by atoms with Crippen molar-refractivity contribution < 1.29 is 9.59 Å². The standard InChI is InChI=1S/C24H26N4O3/c1-26-21-10-6-5-9-19(21)20(15-23(26)30)24(31)28-13-11-27(12-14-28)17-22(29)25-16-18-7-3-2-4-8-18/h2-10,15H,11-14,16-17H2,1H3,(H,25,29). The van der Waals surface area contributed by atoms with E-state index in [0.29, 0.717) is 44.8 Å². The van der Waals surface area contributed by atoms with Crippen LogP contribution in [0.4, 0.5) is 0 Å². The van der Waals surface area contributed by atoms with Crippen molar-refractivity contribution in [2.45, 2.75) is 6.54 Å². The number of carbonyl (C=O) groups excluding carboxylic acids is 2. The van der Waals surface area contributed by atoms with Gasteiger partial charge in [0.25, 0.3) is 11.5 Å². The summed E-state index contributed by atoms with van der Waals surface area (Å²) in [5, 5.41) is 3.71. The number of aromatic nitrogens is 1. The van der Waals surface area contributed by atoms with Crippen LogP contribution in [0.5, 0.6) is 0 Å². The lowest BCUT2D eigenvalue weighted by Gasteiger charge is -2.34. The highest BCUT2D eigenvalue weighted by molar-refractivity contribution is 6.06. The van der Waals surface area contributed by atoms with E-state index in [1.807, 2.05) is 59.5 Å². The molecule has 1 aliphatic heterocycles. The van der Waals surface area contributed by atoms with Crippen LogP contribution in [0.2, 0.25) is 0 Å². The molecule has 7 nitrogen and oxygen atoms in total. The van der Waals surface area contributed by atoms with Crippen LogP contribution in [-0.4, -0.2) is 58.9 Å². The molecule has 2 aromatic carbocycles. The second-order valence-electron chi connectivity index (χ2n) is 7.80. The second kappa shape index (κ2) is 9.14. The Bertz CT molecular complexity index is 1150. The van der Waals surface area contributed by atoms with Crippen molar-refractivity contribution in [1.82, 2.24) is 19.7 Å². The Labute approximate surface area is 180 Å². The topological polar surface area (TPSA) is 74.7 Å². The summed E-state index contributed by atoms with van der Waals surface area (Å²) in [6.45, 7) is 3.10. The number of aryl methyl sites for hydroxylation is 1.